The number of hydrogen-bond acceptors (Lipinski definition) is 7. The number of methoxy groups -OCH3 is 1. The molecule has 3 heterocycles. The molecule has 1 saturated heterocycles. The zero-order chi connectivity index (χ0) is 18.1. The number of para-hydroxylation sites is 1. The molecule has 0 saturated carbocycles. The van der Waals surface area contributed by atoms with Crippen LogP contribution in [-0.2, 0) is 4.74 Å². The maximum absolute atomic E-state index is 10.3. The van der Waals surface area contributed by atoms with Crippen molar-refractivity contribution in [3.05, 3.63) is 28.4 Å². The highest BCUT2D eigenvalue weighted by molar-refractivity contribution is 14.1. The minimum atomic E-state index is -0.0578. The molecule has 3 aromatic rings. The summed E-state index contributed by atoms with van der Waals surface area (Å²) in [5.41, 5.74) is 1.83. The first-order valence-corrected chi connectivity index (χ1v) is 9.40. The van der Waals surface area contributed by atoms with Gasteiger partial charge in [-0.2, -0.15) is 0 Å². The van der Waals surface area contributed by atoms with Gasteiger partial charge in [-0.05, 0) is 31.4 Å². The average molecular weight is 467 g/mol. The van der Waals surface area contributed by atoms with Gasteiger partial charge in [0.15, 0.2) is 32.3 Å². The van der Waals surface area contributed by atoms with Crippen LogP contribution in [0, 0.1) is 3.83 Å². The summed E-state index contributed by atoms with van der Waals surface area (Å²) in [4.78, 5) is 13.5. The number of aromatic nitrogens is 4. The van der Waals surface area contributed by atoms with Gasteiger partial charge in [-0.3, -0.25) is 4.57 Å². The van der Waals surface area contributed by atoms with Crippen molar-refractivity contribution in [3.63, 3.8) is 0 Å². The molecule has 1 unspecified atom stereocenters. The van der Waals surface area contributed by atoms with Crippen LogP contribution in [0.2, 0.25) is 0 Å². The molecule has 1 aromatic carbocycles. The predicted molar refractivity (Wildman–Crippen MR) is 105 cm³/mol. The molecule has 26 heavy (non-hydrogen) atoms. The Hall–Kier alpha value is -2.14. The summed E-state index contributed by atoms with van der Waals surface area (Å²) in [6.45, 7) is 0.745. The minimum absolute atomic E-state index is 0.0202. The summed E-state index contributed by atoms with van der Waals surface area (Å²) in [6.07, 6.45) is 4.82. The number of fused-ring (bicyclic) bond motifs is 1. The fourth-order valence-electron chi connectivity index (χ4n) is 3.05. The number of phenolic OH excluding ortho intramolecular Hbond substituents is 1. The fourth-order valence-corrected chi connectivity index (χ4v) is 3.52. The molecule has 9 heteroatoms. The van der Waals surface area contributed by atoms with E-state index in [4.69, 9.17) is 9.47 Å². The Morgan fingerprint density at radius 3 is 3.00 bits per heavy atom. The van der Waals surface area contributed by atoms with Crippen LogP contribution < -0.4 is 10.1 Å². The second kappa shape index (κ2) is 7.23. The van der Waals surface area contributed by atoms with Crippen LogP contribution in [0.4, 0.5) is 11.5 Å². The Kier molecular flexibility index (Phi) is 4.81. The van der Waals surface area contributed by atoms with Crippen molar-refractivity contribution in [1.82, 2.24) is 19.5 Å². The van der Waals surface area contributed by atoms with E-state index in [1.165, 1.54) is 7.11 Å². The molecule has 0 aliphatic carbocycles. The number of phenols is 1. The molecule has 4 rings (SSSR count). The molecule has 2 aromatic heterocycles. The highest BCUT2D eigenvalue weighted by Crippen LogP contribution is 2.36. The first kappa shape index (κ1) is 17.3. The Morgan fingerprint density at radius 1 is 1.35 bits per heavy atom. The molecule has 1 fully saturated rings. The fraction of sp³-hybridized carbons (Fsp3) is 0.353. The number of nitrogens with zero attached hydrogens (tertiary/aromatic N) is 4. The van der Waals surface area contributed by atoms with Gasteiger partial charge in [-0.15, -0.1) is 0 Å². The molecule has 136 valence electrons. The van der Waals surface area contributed by atoms with Gasteiger partial charge in [0.2, 0.25) is 0 Å². The van der Waals surface area contributed by atoms with Crippen molar-refractivity contribution in [3.8, 4) is 11.5 Å². The van der Waals surface area contributed by atoms with E-state index >= 15 is 0 Å². The number of ether oxygens (including phenoxy) is 2. The number of hydrogen-bond donors (Lipinski definition) is 2. The highest BCUT2D eigenvalue weighted by Gasteiger charge is 2.21. The van der Waals surface area contributed by atoms with Crippen LogP contribution >= 0.6 is 22.6 Å². The van der Waals surface area contributed by atoms with Crippen LogP contribution in [-0.4, -0.2) is 38.3 Å². The van der Waals surface area contributed by atoms with Gasteiger partial charge in [0.05, 0.1) is 19.1 Å². The molecular weight excluding hydrogens is 449 g/mol. The van der Waals surface area contributed by atoms with E-state index in [0.29, 0.717) is 32.2 Å². The summed E-state index contributed by atoms with van der Waals surface area (Å²) in [5.74, 6) is 0.931. The van der Waals surface area contributed by atoms with Crippen molar-refractivity contribution in [2.45, 2.75) is 25.5 Å². The Balaban J connectivity index is 1.75. The predicted octanol–water partition coefficient (Wildman–Crippen LogP) is 3.59. The lowest BCUT2D eigenvalue weighted by Gasteiger charge is -2.23. The van der Waals surface area contributed by atoms with E-state index in [1.54, 1.807) is 24.5 Å². The Labute approximate surface area is 163 Å². The third-order valence-electron chi connectivity index (χ3n) is 4.33. The number of rotatable bonds is 4. The van der Waals surface area contributed by atoms with Gasteiger partial charge < -0.3 is 19.9 Å². The number of aromatic hydroxyl groups is 1. The molecule has 0 bridgehead atoms. The van der Waals surface area contributed by atoms with Crippen molar-refractivity contribution in [1.29, 1.82) is 0 Å². The number of benzene rings is 1. The SMILES string of the molecule is COc1cccc(Nc2nc(I)nc3c2ncn3C2CCCCO2)c1O. The number of nitrogens with one attached hydrogen (secondary N) is 1. The van der Waals surface area contributed by atoms with Gasteiger partial charge in [-0.25, -0.2) is 15.0 Å². The smallest absolute Gasteiger partial charge is 0.194 e. The van der Waals surface area contributed by atoms with E-state index in [1.807, 2.05) is 4.57 Å². The summed E-state index contributed by atoms with van der Waals surface area (Å²) < 4.78 is 13.6. The van der Waals surface area contributed by atoms with Gasteiger partial charge in [0.1, 0.15) is 6.23 Å². The van der Waals surface area contributed by atoms with E-state index in [0.717, 1.165) is 25.9 Å². The molecule has 1 aliphatic heterocycles. The number of halogens is 1. The van der Waals surface area contributed by atoms with E-state index in [2.05, 4.69) is 42.9 Å². The van der Waals surface area contributed by atoms with E-state index in [-0.39, 0.29) is 12.0 Å². The molecule has 1 atom stereocenters. The molecular formula is C17H18IN5O3. The minimum Gasteiger partial charge on any atom is -0.503 e. The van der Waals surface area contributed by atoms with Gasteiger partial charge in [0, 0.05) is 29.2 Å². The molecule has 0 amide bonds. The summed E-state index contributed by atoms with van der Waals surface area (Å²) in [7, 11) is 1.51. The van der Waals surface area contributed by atoms with Crippen LogP contribution in [0.5, 0.6) is 11.5 Å². The quantitative estimate of drug-likeness (QED) is 0.344. The standard InChI is InChI=1S/C17H18IN5O3/c1-25-11-6-4-5-10(14(11)24)20-15-13-16(22-17(18)21-15)23(9-19-13)12-7-2-3-8-26-12/h4-6,9,12,24H,2-3,7-8H2,1H3,(H,20,21,22). The normalized spacial score (nSPS) is 17.4. The lowest BCUT2D eigenvalue weighted by Crippen LogP contribution is -2.18. The first-order chi connectivity index (χ1) is 12.7. The van der Waals surface area contributed by atoms with Crippen molar-refractivity contribution in [2.75, 3.05) is 19.0 Å². The molecule has 0 spiro atoms. The van der Waals surface area contributed by atoms with Gasteiger partial charge in [-0.1, -0.05) is 6.07 Å². The van der Waals surface area contributed by atoms with Crippen molar-refractivity contribution < 1.29 is 14.6 Å². The molecule has 2 N–H and O–H groups in total. The van der Waals surface area contributed by atoms with E-state index < -0.39 is 0 Å². The molecule has 8 nitrogen and oxygen atoms in total. The second-order valence-electron chi connectivity index (χ2n) is 5.97. The van der Waals surface area contributed by atoms with Crippen molar-refractivity contribution >= 4 is 45.3 Å². The first-order valence-electron chi connectivity index (χ1n) is 8.32. The van der Waals surface area contributed by atoms with Crippen LogP contribution in [0.25, 0.3) is 11.2 Å². The van der Waals surface area contributed by atoms with Crippen molar-refractivity contribution in [2.24, 2.45) is 0 Å². The van der Waals surface area contributed by atoms with Gasteiger partial charge in [0.25, 0.3) is 0 Å². The third-order valence-corrected chi connectivity index (χ3v) is 4.81. The summed E-state index contributed by atoms with van der Waals surface area (Å²) in [6, 6.07) is 5.23. The van der Waals surface area contributed by atoms with Crippen LogP contribution in [0.15, 0.2) is 24.5 Å². The highest BCUT2D eigenvalue weighted by atomic mass is 127. The third kappa shape index (κ3) is 3.16. The zero-order valence-electron chi connectivity index (χ0n) is 14.1. The largest absolute Gasteiger partial charge is 0.503 e. The van der Waals surface area contributed by atoms with E-state index in [9.17, 15) is 5.11 Å². The lowest BCUT2D eigenvalue weighted by atomic mass is 10.2. The maximum atomic E-state index is 10.3. The monoisotopic (exact) mass is 467 g/mol. The summed E-state index contributed by atoms with van der Waals surface area (Å²) in [5, 5.41) is 13.5. The number of imidazole rings is 1. The Bertz CT molecular complexity index is 940. The average Bonchev–Trinajstić information content (AvgIpc) is 3.08. The summed E-state index contributed by atoms with van der Waals surface area (Å²) >= 11 is 2.07. The van der Waals surface area contributed by atoms with Crippen LogP contribution in [0.1, 0.15) is 25.5 Å². The second-order valence-corrected chi connectivity index (χ2v) is 6.93. The Morgan fingerprint density at radius 2 is 2.23 bits per heavy atom. The molecule has 0 radical (unpaired) electrons. The maximum Gasteiger partial charge on any atom is 0.194 e. The topological polar surface area (TPSA) is 94.3 Å². The van der Waals surface area contributed by atoms with Gasteiger partial charge >= 0.3 is 0 Å². The molecule has 1 aliphatic rings. The lowest BCUT2D eigenvalue weighted by molar-refractivity contribution is -0.0298. The van der Waals surface area contributed by atoms with Crippen LogP contribution in [0.3, 0.4) is 0 Å². The number of anilines is 2. The zero-order valence-corrected chi connectivity index (χ0v) is 16.3.